The maximum absolute atomic E-state index is 9.43. The van der Waals surface area contributed by atoms with Crippen LogP contribution in [-0.2, 0) is 7.05 Å². The van der Waals surface area contributed by atoms with E-state index >= 15 is 0 Å². The zero-order valence-corrected chi connectivity index (χ0v) is 10.4. The van der Waals surface area contributed by atoms with Crippen molar-refractivity contribution in [2.75, 3.05) is 18.0 Å². The molecule has 2 heterocycles. The summed E-state index contributed by atoms with van der Waals surface area (Å²) in [4.78, 5) is 2.23. The molecule has 0 amide bonds. The molecular formula is C14H16N4. The molecule has 2 N–H and O–H groups in total. The van der Waals surface area contributed by atoms with Gasteiger partial charge in [-0.25, -0.2) is 0 Å². The summed E-state index contributed by atoms with van der Waals surface area (Å²) in [7, 11) is 2.02. The fourth-order valence-electron chi connectivity index (χ4n) is 2.84. The number of nitrogens with two attached hydrogens (primary N) is 1. The van der Waals surface area contributed by atoms with Gasteiger partial charge in [-0.1, -0.05) is 18.2 Å². The summed E-state index contributed by atoms with van der Waals surface area (Å²) < 4.78 is 2.10. The summed E-state index contributed by atoms with van der Waals surface area (Å²) in [6.45, 7) is 1.76. The van der Waals surface area contributed by atoms with E-state index < -0.39 is 0 Å². The minimum atomic E-state index is 0.217. The van der Waals surface area contributed by atoms with Crippen molar-refractivity contribution in [2.45, 2.75) is 12.5 Å². The Bertz CT molecular complexity index is 635. The van der Waals surface area contributed by atoms with Crippen molar-refractivity contribution >= 4 is 16.7 Å². The molecule has 1 fully saturated rings. The first-order valence-corrected chi connectivity index (χ1v) is 6.20. The number of rotatable bonds is 1. The number of aromatic nitrogens is 1. The van der Waals surface area contributed by atoms with Crippen LogP contribution in [0.3, 0.4) is 0 Å². The SMILES string of the molecule is Cn1c(N2CCC(N)C2)c(C#N)c2ccccc21. The van der Waals surface area contributed by atoms with E-state index in [1.165, 1.54) is 0 Å². The summed E-state index contributed by atoms with van der Waals surface area (Å²) in [5, 5.41) is 10.5. The Morgan fingerprint density at radius 1 is 1.39 bits per heavy atom. The highest BCUT2D eigenvalue weighted by Crippen LogP contribution is 2.32. The van der Waals surface area contributed by atoms with Crippen LogP contribution in [0.25, 0.3) is 10.9 Å². The van der Waals surface area contributed by atoms with E-state index in [9.17, 15) is 5.26 Å². The van der Waals surface area contributed by atoms with E-state index in [1.807, 2.05) is 25.2 Å². The third-order valence-electron chi connectivity index (χ3n) is 3.71. The van der Waals surface area contributed by atoms with E-state index in [2.05, 4.69) is 21.6 Å². The van der Waals surface area contributed by atoms with Gasteiger partial charge < -0.3 is 15.2 Å². The first kappa shape index (κ1) is 11.1. The van der Waals surface area contributed by atoms with Crippen molar-refractivity contribution in [3.05, 3.63) is 29.8 Å². The predicted octanol–water partition coefficient (Wildman–Crippen LogP) is 1.59. The molecule has 18 heavy (non-hydrogen) atoms. The summed E-state index contributed by atoms with van der Waals surface area (Å²) >= 11 is 0. The molecule has 4 heteroatoms. The van der Waals surface area contributed by atoms with Crippen LogP contribution < -0.4 is 10.6 Å². The number of nitriles is 1. The Balaban J connectivity index is 2.22. The average Bonchev–Trinajstić information content (AvgIpc) is 2.92. The van der Waals surface area contributed by atoms with Gasteiger partial charge in [-0.15, -0.1) is 0 Å². The maximum Gasteiger partial charge on any atom is 0.127 e. The standard InChI is InChI=1S/C14H16N4/c1-17-13-5-3-2-4-11(13)12(8-15)14(17)18-7-6-10(16)9-18/h2-5,10H,6-7,9,16H2,1H3. The Kier molecular flexibility index (Phi) is 2.49. The molecule has 0 bridgehead atoms. The molecule has 0 spiro atoms. The second-order valence-electron chi connectivity index (χ2n) is 4.88. The molecule has 1 unspecified atom stereocenters. The summed E-state index contributed by atoms with van der Waals surface area (Å²) in [6.07, 6.45) is 0.992. The lowest BCUT2D eigenvalue weighted by Crippen LogP contribution is -2.28. The van der Waals surface area contributed by atoms with Gasteiger partial charge in [0.25, 0.3) is 0 Å². The van der Waals surface area contributed by atoms with Crippen LogP contribution >= 0.6 is 0 Å². The zero-order chi connectivity index (χ0) is 12.7. The van der Waals surface area contributed by atoms with E-state index in [0.29, 0.717) is 0 Å². The quantitative estimate of drug-likeness (QED) is 0.823. The largest absolute Gasteiger partial charge is 0.355 e. The molecule has 3 rings (SSSR count). The minimum Gasteiger partial charge on any atom is -0.355 e. The van der Waals surface area contributed by atoms with Crippen LogP contribution in [0.4, 0.5) is 5.82 Å². The number of para-hydroxylation sites is 1. The highest BCUT2D eigenvalue weighted by atomic mass is 15.3. The van der Waals surface area contributed by atoms with E-state index in [1.54, 1.807) is 0 Å². The van der Waals surface area contributed by atoms with Gasteiger partial charge >= 0.3 is 0 Å². The monoisotopic (exact) mass is 240 g/mol. The Labute approximate surface area is 106 Å². The number of fused-ring (bicyclic) bond motifs is 1. The van der Waals surface area contributed by atoms with Crippen LogP contribution in [0.2, 0.25) is 0 Å². The van der Waals surface area contributed by atoms with Gasteiger partial charge in [-0.05, 0) is 12.5 Å². The van der Waals surface area contributed by atoms with Crippen LogP contribution in [0.1, 0.15) is 12.0 Å². The maximum atomic E-state index is 9.43. The smallest absolute Gasteiger partial charge is 0.127 e. The lowest BCUT2D eigenvalue weighted by molar-refractivity contribution is 0.749. The van der Waals surface area contributed by atoms with Gasteiger partial charge in [-0.3, -0.25) is 0 Å². The lowest BCUT2D eigenvalue weighted by atomic mass is 10.2. The molecule has 1 aliphatic heterocycles. The zero-order valence-electron chi connectivity index (χ0n) is 10.4. The van der Waals surface area contributed by atoms with Crippen molar-refractivity contribution in [1.82, 2.24) is 4.57 Å². The highest BCUT2D eigenvalue weighted by molar-refractivity contribution is 5.92. The van der Waals surface area contributed by atoms with Crippen molar-refractivity contribution < 1.29 is 0 Å². The molecule has 1 aromatic heterocycles. The van der Waals surface area contributed by atoms with Crippen molar-refractivity contribution in [2.24, 2.45) is 12.8 Å². The molecule has 1 saturated heterocycles. The lowest BCUT2D eigenvalue weighted by Gasteiger charge is -2.19. The van der Waals surface area contributed by atoms with Gasteiger partial charge in [0.1, 0.15) is 17.5 Å². The Morgan fingerprint density at radius 3 is 2.83 bits per heavy atom. The van der Waals surface area contributed by atoms with Crippen LogP contribution in [0, 0.1) is 11.3 Å². The van der Waals surface area contributed by atoms with Gasteiger partial charge in [-0.2, -0.15) is 5.26 Å². The molecule has 1 atom stereocenters. The summed E-state index contributed by atoms with van der Waals surface area (Å²) in [6, 6.07) is 10.6. The Morgan fingerprint density at radius 2 is 2.17 bits per heavy atom. The second-order valence-corrected chi connectivity index (χ2v) is 4.88. The molecule has 2 aromatic rings. The average molecular weight is 240 g/mol. The third-order valence-corrected chi connectivity index (χ3v) is 3.71. The van der Waals surface area contributed by atoms with Gasteiger partial charge in [0.15, 0.2) is 0 Å². The predicted molar refractivity (Wildman–Crippen MR) is 72.4 cm³/mol. The Hall–Kier alpha value is -1.99. The molecule has 92 valence electrons. The third kappa shape index (κ3) is 1.48. The van der Waals surface area contributed by atoms with Gasteiger partial charge in [0, 0.05) is 31.6 Å². The van der Waals surface area contributed by atoms with E-state index in [4.69, 9.17) is 5.73 Å². The van der Waals surface area contributed by atoms with Crippen LogP contribution in [-0.4, -0.2) is 23.7 Å². The first-order chi connectivity index (χ1) is 8.72. The minimum absolute atomic E-state index is 0.217. The normalized spacial score (nSPS) is 19.4. The molecule has 1 aromatic carbocycles. The fourth-order valence-corrected chi connectivity index (χ4v) is 2.84. The van der Waals surface area contributed by atoms with E-state index in [-0.39, 0.29) is 6.04 Å². The summed E-state index contributed by atoms with van der Waals surface area (Å²) in [5.41, 5.74) is 7.83. The van der Waals surface area contributed by atoms with Crippen LogP contribution in [0.5, 0.6) is 0 Å². The van der Waals surface area contributed by atoms with Gasteiger partial charge in [0.05, 0.1) is 5.52 Å². The number of hydrogen-bond donors (Lipinski definition) is 1. The number of anilines is 1. The van der Waals surface area contributed by atoms with E-state index in [0.717, 1.165) is 41.8 Å². The number of nitrogens with zero attached hydrogens (tertiary/aromatic N) is 3. The number of hydrogen-bond acceptors (Lipinski definition) is 3. The topological polar surface area (TPSA) is 58.0 Å². The number of aryl methyl sites for hydroxylation is 1. The first-order valence-electron chi connectivity index (χ1n) is 6.20. The van der Waals surface area contributed by atoms with Gasteiger partial charge in [0.2, 0.25) is 0 Å². The molecular weight excluding hydrogens is 224 g/mol. The molecule has 0 aliphatic carbocycles. The molecule has 4 nitrogen and oxygen atoms in total. The second kappa shape index (κ2) is 4.04. The molecule has 0 radical (unpaired) electrons. The number of benzene rings is 1. The fraction of sp³-hybridized carbons (Fsp3) is 0.357. The summed E-state index contributed by atoms with van der Waals surface area (Å²) in [5.74, 6) is 1.01. The van der Waals surface area contributed by atoms with Crippen molar-refractivity contribution in [3.8, 4) is 6.07 Å². The molecule has 0 saturated carbocycles. The molecule has 1 aliphatic rings. The van der Waals surface area contributed by atoms with Crippen molar-refractivity contribution in [3.63, 3.8) is 0 Å². The van der Waals surface area contributed by atoms with Crippen molar-refractivity contribution in [1.29, 1.82) is 5.26 Å². The highest BCUT2D eigenvalue weighted by Gasteiger charge is 2.25. The van der Waals surface area contributed by atoms with Crippen LogP contribution in [0.15, 0.2) is 24.3 Å².